The number of aliphatic hydroxyl groups is 1. The molecule has 0 aliphatic carbocycles. The number of oxazole rings is 1. The Morgan fingerprint density at radius 1 is 1.19 bits per heavy atom. The van der Waals surface area contributed by atoms with E-state index in [1.165, 1.54) is 18.4 Å². The highest BCUT2D eigenvalue weighted by molar-refractivity contribution is 5.16. The van der Waals surface area contributed by atoms with Crippen molar-refractivity contribution in [3.63, 3.8) is 0 Å². The van der Waals surface area contributed by atoms with Crippen molar-refractivity contribution in [2.24, 2.45) is 0 Å². The number of aryl methyl sites for hydroxylation is 2. The molecule has 0 unspecified atom stereocenters. The fourth-order valence-electron chi connectivity index (χ4n) is 1.44. The molecule has 4 heteroatoms. The standard InChI is InChI=1S/C12H12FNO2/c13-10-4-1-9(2-5-10)3-6-12-14-11(7-15)8-16-12/h1-2,4-5,8,15H,3,6-7H2. The predicted molar refractivity (Wildman–Crippen MR) is 56.2 cm³/mol. The summed E-state index contributed by atoms with van der Waals surface area (Å²) in [6.07, 6.45) is 2.83. The second-order valence-corrected chi connectivity index (χ2v) is 3.52. The van der Waals surface area contributed by atoms with Gasteiger partial charge in [-0.2, -0.15) is 0 Å². The zero-order valence-corrected chi connectivity index (χ0v) is 8.69. The highest BCUT2D eigenvalue weighted by Gasteiger charge is 2.03. The lowest BCUT2D eigenvalue weighted by atomic mass is 10.1. The summed E-state index contributed by atoms with van der Waals surface area (Å²) in [5.41, 5.74) is 1.57. The normalized spacial score (nSPS) is 10.6. The molecule has 0 amide bonds. The number of aromatic nitrogens is 1. The van der Waals surface area contributed by atoms with E-state index >= 15 is 0 Å². The van der Waals surface area contributed by atoms with Crippen molar-refractivity contribution in [3.05, 3.63) is 53.5 Å². The van der Waals surface area contributed by atoms with Gasteiger partial charge in [-0.3, -0.25) is 0 Å². The molecule has 1 aromatic carbocycles. The van der Waals surface area contributed by atoms with E-state index in [0.717, 1.165) is 12.0 Å². The molecule has 0 spiro atoms. The first-order valence-corrected chi connectivity index (χ1v) is 5.06. The Kier molecular flexibility index (Phi) is 3.31. The highest BCUT2D eigenvalue weighted by atomic mass is 19.1. The van der Waals surface area contributed by atoms with Crippen molar-refractivity contribution in [2.45, 2.75) is 19.4 Å². The van der Waals surface area contributed by atoms with Crippen molar-refractivity contribution >= 4 is 0 Å². The number of benzene rings is 1. The Morgan fingerprint density at radius 2 is 1.94 bits per heavy atom. The van der Waals surface area contributed by atoms with E-state index in [-0.39, 0.29) is 12.4 Å². The summed E-state index contributed by atoms with van der Waals surface area (Å²) in [6.45, 7) is -0.111. The minimum absolute atomic E-state index is 0.111. The molecule has 16 heavy (non-hydrogen) atoms. The molecule has 1 aromatic heterocycles. The van der Waals surface area contributed by atoms with Gasteiger partial charge in [0.25, 0.3) is 0 Å². The van der Waals surface area contributed by atoms with Crippen LogP contribution in [0.2, 0.25) is 0 Å². The van der Waals surface area contributed by atoms with Crippen molar-refractivity contribution in [2.75, 3.05) is 0 Å². The first kappa shape index (κ1) is 10.8. The van der Waals surface area contributed by atoms with E-state index in [4.69, 9.17) is 9.52 Å². The van der Waals surface area contributed by atoms with Crippen LogP contribution in [-0.2, 0) is 19.4 Å². The van der Waals surface area contributed by atoms with Crippen LogP contribution in [-0.4, -0.2) is 10.1 Å². The van der Waals surface area contributed by atoms with Gasteiger partial charge in [0.05, 0.1) is 6.61 Å². The first-order chi connectivity index (χ1) is 7.78. The second kappa shape index (κ2) is 4.90. The van der Waals surface area contributed by atoms with E-state index in [1.54, 1.807) is 12.1 Å². The Hall–Kier alpha value is -1.68. The molecule has 0 saturated heterocycles. The molecule has 0 fully saturated rings. The quantitative estimate of drug-likeness (QED) is 0.859. The molecule has 2 aromatic rings. The third-order valence-electron chi connectivity index (χ3n) is 2.30. The lowest BCUT2D eigenvalue weighted by Gasteiger charge is -1.98. The van der Waals surface area contributed by atoms with Crippen LogP contribution in [0.5, 0.6) is 0 Å². The number of nitrogens with zero attached hydrogens (tertiary/aromatic N) is 1. The average molecular weight is 221 g/mol. The van der Waals surface area contributed by atoms with Gasteiger partial charge in [-0.25, -0.2) is 9.37 Å². The smallest absolute Gasteiger partial charge is 0.194 e. The molecule has 0 atom stereocenters. The zero-order chi connectivity index (χ0) is 11.4. The fourth-order valence-corrected chi connectivity index (χ4v) is 1.44. The molecule has 0 bridgehead atoms. The summed E-state index contributed by atoms with van der Waals surface area (Å²) in [5.74, 6) is 0.357. The van der Waals surface area contributed by atoms with Gasteiger partial charge in [0.15, 0.2) is 5.89 Å². The molecule has 3 nitrogen and oxygen atoms in total. The number of rotatable bonds is 4. The summed E-state index contributed by atoms with van der Waals surface area (Å²) in [7, 11) is 0. The summed E-state index contributed by atoms with van der Waals surface area (Å²) in [5, 5.41) is 8.80. The molecule has 0 aliphatic heterocycles. The Bertz CT molecular complexity index is 450. The van der Waals surface area contributed by atoms with E-state index < -0.39 is 0 Å². The van der Waals surface area contributed by atoms with E-state index in [0.29, 0.717) is 18.0 Å². The molecule has 84 valence electrons. The SMILES string of the molecule is OCc1coc(CCc2ccc(F)cc2)n1. The fraction of sp³-hybridized carbons (Fsp3) is 0.250. The molecule has 0 saturated carbocycles. The first-order valence-electron chi connectivity index (χ1n) is 5.06. The summed E-state index contributed by atoms with van der Waals surface area (Å²) < 4.78 is 17.8. The monoisotopic (exact) mass is 221 g/mol. The molecular weight excluding hydrogens is 209 g/mol. The van der Waals surface area contributed by atoms with E-state index in [2.05, 4.69) is 4.98 Å². The van der Waals surface area contributed by atoms with Gasteiger partial charge < -0.3 is 9.52 Å². The van der Waals surface area contributed by atoms with Crippen LogP contribution in [0.25, 0.3) is 0 Å². The summed E-state index contributed by atoms with van der Waals surface area (Å²) in [6, 6.07) is 6.35. The lowest BCUT2D eigenvalue weighted by Crippen LogP contribution is -1.92. The van der Waals surface area contributed by atoms with Gasteiger partial charge in [-0.05, 0) is 24.1 Å². The van der Waals surface area contributed by atoms with E-state index in [9.17, 15) is 4.39 Å². The zero-order valence-electron chi connectivity index (χ0n) is 8.69. The molecule has 1 heterocycles. The number of hydrogen-bond acceptors (Lipinski definition) is 3. The van der Waals surface area contributed by atoms with Gasteiger partial charge in [0, 0.05) is 6.42 Å². The van der Waals surface area contributed by atoms with Crippen molar-refractivity contribution in [1.29, 1.82) is 0 Å². The van der Waals surface area contributed by atoms with Crippen LogP contribution in [0.4, 0.5) is 4.39 Å². The van der Waals surface area contributed by atoms with Gasteiger partial charge in [0.1, 0.15) is 17.8 Å². The summed E-state index contributed by atoms with van der Waals surface area (Å²) >= 11 is 0. The second-order valence-electron chi connectivity index (χ2n) is 3.52. The topological polar surface area (TPSA) is 46.3 Å². The van der Waals surface area contributed by atoms with Crippen molar-refractivity contribution in [1.82, 2.24) is 4.98 Å². The third kappa shape index (κ3) is 2.67. The molecule has 2 rings (SSSR count). The lowest BCUT2D eigenvalue weighted by molar-refractivity contribution is 0.276. The molecule has 0 radical (unpaired) electrons. The Balaban J connectivity index is 1.94. The van der Waals surface area contributed by atoms with Crippen molar-refractivity contribution in [3.8, 4) is 0 Å². The van der Waals surface area contributed by atoms with E-state index in [1.807, 2.05) is 0 Å². The maximum absolute atomic E-state index is 12.6. The molecule has 0 aliphatic rings. The van der Waals surface area contributed by atoms with Crippen LogP contribution < -0.4 is 0 Å². The van der Waals surface area contributed by atoms with Gasteiger partial charge in [-0.1, -0.05) is 12.1 Å². The van der Waals surface area contributed by atoms with Gasteiger partial charge in [0.2, 0.25) is 0 Å². The number of hydrogen-bond donors (Lipinski definition) is 1. The minimum atomic E-state index is -0.234. The average Bonchev–Trinajstić information content (AvgIpc) is 2.76. The Morgan fingerprint density at radius 3 is 2.56 bits per heavy atom. The maximum atomic E-state index is 12.6. The van der Waals surface area contributed by atoms with Crippen LogP contribution in [0, 0.1) is 5.82 Å². The van der Waals surface area contributed by atoms with Gasteiger partial charge >= 0.3 is 0 Å². The van der Waals surface area contributed by atoms with Crippen LogP contribution >= 0.6 is 0 Å². The van der Waals surface area contributed by atoms with Gasteiger partial charge in [-0.15, -0.1) is 0 Å². The molecule has 1 N–H and O–H groups in total. The largest absolute Gasteiger partial charge is 0.449 e. The predicted octanol–water partition coefficient (Wildman–Crippen LogP) is 2.09. The highest BCUT2D eigenvalue weighted by Crippen LogP contribution is 2.08. The number of halogens is 1. The number of aliphatic hydroxyl groups excluding tert-OH is 1. The third-order valence-corrected chi connectivity index (χ3v) is 2.30. The van der Waals surface area contributed by atoms with Crippen LogP contribution in [0.15, 0.2) is 34.9 Å². The Labute approximate surface area is 92.6 Å². The van der Waals surface area contributed by atoms with Crippen LogP contribution in [0.3, 0.4) is 0 Å². The maximum Gasteiger partial charge on any atom is 0.194 e. The van der Waals surface area contributed by atoms with Crippen LogP contribution in [0.1, 0.15) is 17.1 Å². The molecular formula is C12H12FNO2. The van der Waals surface area contributed by atoms with Crippen molar-refractivity contribution < 1.29 is 13.9 Å². The summed E-state index contributed by atoms with van der Waals surface area (Å²) in [4.78, 5) is 4.07. The minimum Gasteiger partial charge on any atom is -0.449 e.